The molecule has 3 amide bonds. The number of Topliss-reactive ketones (excluding diaryl/α,β-unsaturated/α-hetero) is 1. The average molecular weight is 520 g/mol. The van der Waals surface area contributed by atoms with Gasteiger partial charge in [0.15, 0.2) is 0 Å². The predicted octanol–water partition coefficient (Wildman–Crippen LogP) is 2.70. The zero-order valence-electron chi connectivity index (χ0n) is 22.0. The lowest BCUT2D eigenvalue weighted by atomic mass is 10.0. The van der Waals surface area contributed by atoms with E-state index < -0.39 is 48.3 Å². The van der Waals surface area contributed by atoms with Crippen LogP contribution in [0, 0.1) is 0 Å². The lowest BCUT2D eigenvalue weighted by Crippen LogP contribution is -2.55. The normalized spacial score (nSPS) is 16.1. The molecule has 2 atom stereocenters. The molecule has 9 nitrogen and oxygen atoms in total. The van der Waals surface area contributed by atoms with Gasteiger partial charge in [-0.05, 0) is 31.4 Å². The summed E-state index contributed by atoms with van der Waals surface area (Å²) in [6.07, 6.45) is 1.50. The Hall–Kier alpha value is -4.27. The Bertz CT molecular complexity index is 1210. The Morgan fingerprint density at radius 1 is 0.974 bits per heavy atom. The molecule has 2 aromatic rings. The number of hydrogen-bond donors (Lipinski definition) is 1. The summed E-state index contributed by atoms with van der Waals surface area (Å²) >= 11 is 0. The lowest BCUT2D eigenvalue weighted by Gasteiger charge is -2.38. The fourth-order valence-electron chi connectivity index (χ4n) is 4.25. The number of carbonyl (C=O) groups is 5. The quantitative estimate of drug-likeness (QED) is 0.382. The van der Waals surface area contributed by atoms with Crippen molar-refractivity contribution in [1.82, 2.24) is 15.1 Å². The maximum Gasteiger partial charge on any atom is 0.377 e. The van der Waals surface area contributed by atoms with E-state index in [9.17, 15) is 24.0 Å². The number of hydrogen-bond acceptors (Lipinski definition) is 6. The molecule has 1 aliphatic heterocycles. The van der Waals surface area contributed by atoms with Gasteiger partial charge in [0.1, 0.15) is 18.6 Å². The molecule has 0 spiro atoms. The number of ketones is 1. The van der Waals surface area contributed by atoms with Crippen LogP contribution in [0.2, 0.25) is 0 Å². The van der Waals surface area contributed by atoms with Gasteiger partial charge in [-0.1, -0.05) is 67.6 Å². The van der Waals surface area contributed by atoms with Crippen LogP contribution in [0.3, 0.4) is 0 Å². The second-order valence-corrected chi connectivity index (χ2v) is 9.28. The molecule has 0 aliphatic carbocycles. The number of nitrogens with zero attached hydrogens (tertiary/aromatic N) is 2. The average Bonchev–Trinajstić information content (AvgIpc) is 2.89. The molecular weight excluding hydrogens is 486 g/mol. The highest BCUT2D eigenvalue weighted by Crippen LogP contribution is 2.28. The molecule has 0 aromatic heterocycles. The number of ether oxygens (including phenoxy) is 1. The molecule has 1 unspecified atom stereocenters. The smallest absolute Gasteiger partial charge is 0.377 e. The molecule has 0 bridgehead atoms. The molecule has 1 heterocycles. The van der Waals surface area contributed by atoms with E-state index in [1.54, 1.807) is 75.5 Å². The third-order valence-corrected chi connectivity index (χ3v) is 6.04. The minimum Gasteiger partial charge on any atom is -0.457 e. The number of esters is 1. The first-order valence-corrected chi connectivity index (χ1v) is 12.6. The predicted molar refractivity (Wildman–Crippen MR) is 141 cm³/mol. The number of carbonyl (C=O) groups excluding carboxylic acids is 5. The highest BCUT2D eigenvalue weighted by molar-refractivity contribution is 6.36. The van der Waals surface area contributed by atoms with Gasteiger partial charge in [-0.3, -0.25) is 24.1 Å². The van der Waals surface area contributed by atoms with E-state index in [0.29, 0.717) is 17.7 Å². The Morgan fingerprint density at radius 3 is 2.13 bits per heavy atom. The van der Waals surface area contributed by atoms with Gasteiger partial charge < -0.3 is 15.0 Å². The fraction of sp³-hybridized carbons (Fsp3) is 0.345. The van der Waals surface area contributed by atoms with Crippen molar-refractivity contribution in [2.24, 2.45) is 0 Å². The van der Waals surface area contributed by atoms with Gasteiger partial charge in [-0.25, -0.2) is 4.79 Å². The van der Waals surface area contributed by atoms with Crippen LogP contribution in [0.4, 0.5) is 0 Å². The van der Waals surface area contributed by atoms with E-state index in [1.807, 2.05) is 12.1 Å². The van der Waals surface area contributed by atoms with Crippen molar-refractivity contribution in [2.45, 2.75) is 58.7 Å². The van der Waals surface area contributed by atoms with Gasteiger partial charge >= 0.3 is 5.97 Å². The van der Waals surface area contributed by atoms with E-state index in [2.05, 4.69) is 5.32 Å². The summed E-state index contributed by atoms with van der Waals surface area (Å²) in [5, 5.41) is 2.64. The molecule has 200 valence electrons. The van der Waals surface area contributed by atoms with Crippen LogP contribution in [0.1, 0.15) is 45.2 Å². The van der Waals surface area contributed by atoms with Gasteiger partial charge in [0.25, 0.3) is 11.7 Å². The van der Waals surface area contributed by atoms with Crippen molar-refractivity contribution in [3.05, 3.63) is 78.0 Å². The Balaban J connectivity index is 1.89. The largest absolute Gasteiger partial charge is 0.457 e. The summed E-state index contributed by atoms with van der Waals surface area (Å²) in [6.45, 7) is 6.02. The molecular formula is C29H33N3O6. The number of benzene rings is 2. The maximum atomic E-state index is 13.5. The highest BCUT2D eigenvalue weighted by Gasteiger charge is 2.38. The second-order valence-electron chi connectivity index (χ2n) is 9.28. The summed E-state index contributed by atoms with van der Waals surface area (Å²) < 4.78 is 5.07. The SMILES string of the molecule is CCC1C(=O)N(CC(=O)N[C@@H](Cc2ccccc2)C(=O)C(=O)OC(C)C)C(c2ccccc2)=CN1C(C)=O. The Kier molecular flexibility index (Phi) is 9.54. The van der Waals surface area contributed by atoms with Gasteiger partial charge in [0, 0.05) is 19.5 Å². The molecule has 0 saturated carbocycles. The van der Waals surface area contributed by atoms with Crippen LogP contribution in [-0.2, 0) is 35.1 Å². The van der Waals surface area contributed by atoms with Crippen LogP contribution in [0.25, 0.3) is 5.70 Å². The number of rotatable bonds is 10. The molecule has 0 saturated heterocycles. The van der Waals surface area contributed by atoms with Gasteiger partial charge in [-0.15, -0.1) is 0 Å². The number of amides is 3. The van der Waals surface area contributed by atoms with Crippen LogP contribution < -0.4 is 5.32 Å². The second kappa shape index (κ2) is 12.8. The van der Waals surface area contributed by atoms with Crippen molar-refractivity contribution in [1.29, 1.82) is 0 Å². The molecule has 0 fully saturated rings. The topological polar surface area (TPSA) is 113 Å². The Morgan fingerprint density at radius 2 is 1.58 bits per heavy atom. The highest BCUT2D eigenvalue weighted by atomic mass is 16.5. The minimum atomic E-state index is -1.18. The molecule has 2 aromatic carbocycles. The summed E-state index contributed by atoms with van der Waals surface area (Å²) in [6, 6.07) is 16.0. The first-order chi connectivity index (χ1) is 18.1. The van der Waals surface area contributed by atoms with Gasteiger partial charge in [-0.2, -0.15) is 0 Å². The van der Waals surface area contributed by atoms with Crippen LogP contribution in [-0.4, -0.2) is 64.0 Å². The maximum absolute atomic E-state index is 13.5. The molecule has 1 aliphatic rings. The molecule has 3 rings (SSSR count). The third-order valence-electron chi connectivity index (χ3n) is 6.04. The minimum absolute atomic E-state index is 0.0731. The van der Waals surface area contributed by atoms with Crippen LogP contribution >= 0.6 is 0 Å². The van der Waals surface area contributed by atoms with Crippen molar-refractivity contribution in [3.63, 3.8) is 0 Å². The first kappa shape index (κ1) is 28.3. The van der Waals surface area contributed by atoms with Crippen LogP contribution in [0.15, 0.2) is 66.9 Å². The summed E-state index contributed by atoms with van der Waals surface area (Å²) in [5.74, 6) is -3.25. The van der Waals surface area contributed by atoms with E-state index in [1.165, 1.54) is 16.7 Å². The molecule has 38 heavy (non-hydrogen) atoms. The van der Waals surface area contributed by atoms with E-state index >= 15 is 0 Å². The summed E-state index contributed by atoms with van der Waals surface area (Å²) in [4.78, 5) is 67.1. The van der Waals surface area contributed by atoms with Crippen molar-refractivity contribution < 1.29 is 28.7 Å². The molecule has 9 heteroatoms. The standard InChI is InChI=1S/C29H33N3O6/c1-5-24-28(36)32(25(17-31(24)20(4)33)22-14-10-7-11-15-22)18-26(34)30-23(16-21-12-8-6-9-13-21)27(35)29(37)38-19(2)3/h6-15,17,19,23-24H,5,16,18H2,1-4H3,(H,30,34)/t23-,24?/m0/s1. The van der Waals surface area contributed by atoms with E-state index in [0.717, 1.165) is 5.56 Å². The third kappa shape index (κ3) is 6.94. The van der Waals surface area contributed by atoms with Crippen molar-refractivity contribution >= 4 is 35.2 Å². The summed E-state index contributed by atoms with van der Waals surface area (Å²) in [5.41, 5.74) is 1.77. The lowest BCUT2D eigenvalue weighted by molar-refractivity contribution is -0.157. The van der Waals surface area contributed by atoms with Crippen LogP contribution in [0.5, 0.6) is 0 Å². The number of nitrogens with one attached hydrogen (secondary N) is 1. The van der Waals surface area contributed by atoms with E-state index in [4.69, 9.17) is 4.74 Å². The molecule has 0 radical (unpaired) electrons. The zero-order chi connectivity index (χ0) is 27.8. The van der Waals surface area contributed by atoms with Gasteiger partial charge in [0.2, 0.25) is 11.8 Å². The first-order valence-electron chi connectivity index (χ1n) is 12.6. The zero-order valence-corrected chi connectivity index (χ0v) is 22.0. The van der Waals surface area contributed by atoms with Crippen molar-refractivity contribution in [3.8, 4) is 0 Å². The summed E-state index contributed by atoms with van der Waals surface area (Å²) in [7, 11) is 0. The van der Waals surface area contributed by atoms with E-state index in [-0.39, 0.29) is 12.3 Å². The van der Waals surface area contributed by atoms with Gasteiger partial charge in [0.05, 0.1) is 11.8 Å². The Labute approximate surface area is 222 Å². The fourth-order valence-corrected chi connectivity index (χ4v) is 4.25. The monoisotopic (exact) mass is 519 g/mol. The molecule has 1 N–H and O–H groups in total. The van der Waals surface area contributed by atoms with Crippen molar-refractivity contribution in [2.75, 3.05) is 6.54 Å².